The summed E-state index contributed by atoms with van der Waals surface area (Å²) in [4.78, 5) is 26.0. The summed E-state index contributed by atoms with van der Waals surface area (Å²) in [6.45, 7) is 7.84. The average Bonchev–Trinajstić information content (AvgIpc) is 2.91. The van der Waals surface area contributed by atoms with E-state index in [1.807, 2.05) is 12.2 Å². The predicted octanol–water partition coefficient (Wildman–Crippen LogP) is 7.54. The molecule has 0 saturated carbocycles. The lowest BCUT2D eigenvalue weighted by molar-refractivity contribution is -0.143. The second-order valence-corrected chi connectivity index (χ2v) is 10.2. The third kappa shape index (κ3) is 27.4. The van der Waals surface area contributed by atoms with E-state index in [4.69, 9.17) is 9.47 Å². The first-order valence-corrected chi connectivity index (χ1v) is 15.6. The first-order chi connectivity index (χ1) is 18.6. The van der Waals surface area contributed by atoms with Gasteiger partial charge in [0.15, 0.2) is 0 Å². The van der Waals surface area contributed by atoms with Crippen LogP contribution in [-0.2, 0) is 19.1 Å². The Hall–Kier alpha value is -1.66. The second kappa shape index (κ2) is 29.9. The fraction of sp³-hybridized carbons (Fsp3) is 0.812. The average molecular weight is 538 g/mol. The number of aliphatic hydroxyl groups is 1. The molecular weight excluding hydrogens is 478 g/mol. The molecule has 38 heavy (non-hydrogen) atoms. The Morgan fingerprint density at radius 3 is 1.45 bits per heavy atom. The van der Waals surface area contributed by atoms with E-state index >= 15 is 0 Å². The van der Waals surface area contributed by atoms with Crippen LogP contribution in [0.25, 0.3) is 0 Å². The van der Waals surface area contributed by atoms with Gasteiger partial charge in [-0.25, -0.2) is 0 Å². The molecule has 6 heteroatoms. The Morgan fingerprint density at radius 2 is 1.03 bits per heavy atom. The zero-order valence-corrected chi connectivity index (χ0v) is 24.8. The number of aliphatic hydroxyl groups excluding tert-OH is 1. The van der Waals surface area contributed by atoms with Crippen molar-refractivity contribution in [3.05, 3.63) is 24.3 Å². The summed E-state index contributed by atoms with van der Waals surface area (Å²) in [7, 11) is 0. The van der Waals surface area contributed by atoms with Crippen molar-refractivity contribution in [2.75, 3.05) is 39.5 Å². The topological polar surface area (TPSA) is 76.1 Å². The van der Waals surface area contributed by atoms with Crippen molar-refractivity contribution in [2.45, 2.75) is 129 Å². The number of unbranched alkanes of at least 4 members (excludes halogenated alkanes) is 12. The Balaban J connectivity index is 3.70. The second-order valence-electron chi connectivity index (χ2n) is 10.2. The van der Waals surface area contributed by atoms with Crippen molar-refractivity contribution in [1.82, 2.24) is 4.90 Å². The third-order valence-corrected chi connectivity index (χ3v) is 6.59. The number of hydrogen-bond donors (Lipinski definition) is 1. The van der Waals surface area contributed by atoms with E-state index in [0.717, 1.165) is 64.5 Å². The molecule has 0 unspecified atom stereocenters. The number of ether oxygens (including phenoxy) is 2. The van der Waals surface area contributed by atoms with E-state index in [9.17, 15) is 14.7 Å². The molecule has 0 aromatic heterocycles. The zero-order chi connectivity index (χ0) is 27.9. The first kappa shape index (κ1) is 36.3. The number of allylic oxidation sites excluding steroid dienone is 2. The first-order valence-electron chi connectivity index (χ1n) is 15.6. The maximum absolute atomic E-state index is 11.9. The van der Waals surface area contributed by atoms with Crippen LogP contribution in [-0.4, -0.2) is 61.4 Å². The molecule has 0 rings (SSSR count). The maximum Gasteiger partial charge on any atom is 0.306 e. The molecule has 0 aliphatic carbocycles. The van der Waals surface area contributed by atoms with Crippen molar-refractivity contribution >= 4 is 11.9 Å². The van der Waals surface area contributed by atoms with Crippen LogP contribution >= 0.6 is 0 Å². The third-order valence-electron chi connectivity index (χ3n) is 6.59. The molecule has 0 aromatic carbocycles. The number of carbonyl (C=O) groups excluding carboxylic acids is 2. The number of carbonyl (C=O) groups is 2. The summed E-state index contributed by atoms with van der Waals surface area (Å²) in [6.07, 6.45) is 26.8. The monoisotopic (exact) mass is 537 g/mol. The molecule has 222 valence electrons. The van der Waals surface area contributed by atoms with Gasteiger partial charge in [-0.15, -0.1) is 0 Å². The molecule has 0 aliphatic rings. The molecule has 0 heterocycles. The predicted molar refractivity (Wildman–Crippen MR) is 158 cm³/mol. The molecule has 0 saturated heterocycles. The highest BCUT2D eigenvalue weighted by Crippen LogP contribution is 2.08. The van der Waals surface area contributed by atoms with Crippen LogP contribution in [0.15, 0.2) is 24.3 Å². The van der Waals surface area contributed by atoms with Crippen LogP contribution in [0.4, 0.5) is 0 Å². The maximum atomic E-state index is 11.9. The van der Waals surface area contributed by atoms with Crippen LogP contribution in [0.2, 0.25) is 0 Å². The van der Waals surface area contributed by atoms with Crippen molar-refractivity contribution in [2.24, 2.45) is 0 Å². The molecule has 0 aliphatic heterocycles. The lowest BCUT2D eigenvalue weighted by Crippen LogP contribution is -2.29. The summed E-state index contributed by atoms with van der Waals surface area (Å²) in [5.41, 5.74) is 0. The van der Waals surface area contributed by atoms with E-state index in [1.54, 1.807) is 0 Å². The largest absolute Gasteiger partial charge is 0.461 e. The van der Waals surface area contributed by atoms with Crippen molar-refractivity contribution in [1.29, 1.82) is 0 Å². The minimum atomic E-state index is -0.121. The van der Waals surface area contributed by atoms with Gasteiger partial charge in [-0.05, 0) is 64.5 Å². The molecule has 6 nitrogen and oxygen atoms in total. The lowest BCUT2D eigenvalue weighted by Gasteiger charge is -2.21. The fourth-order valence-electron chi connectivity index (χ4n) is 4.22. The molecule has 0 aromatic rings. The van der Waals surface area contributed by atoms with Crippen molar-refractivity contribution in [3.8, 4) is 0 Å². The SMILES string of the molecule is CCCCCC/C=C\COC(=O)CCCCCN(CCO)CCCCCC(=O)OC/C=C\CCCCCC. The van der Waals surface area contributed by atoms with Gasteiger partial charge in [0.05, 0.1) is 6.61 Å². The molecule has 0 fully saturated rings. The smallest absolute Gasteiger partial charge is 0.306 e. The minimum Gasteiger partial charge on any atom is -0.461 e. The Bertz CT molecular complexity index is 542. The van der Waals surface area contributed by atoms with E-state index in [0.29, 0.717) is 32.6 Å². The van der Waals surface area contributed by atoms with E-state index in [1.165, 1.54) is 51.4 Å². The van der Waals surface area contributed by atoms with Crippen molar-refractivity contribution < 1.29 is 24.2 Å². The molecule has 0 atom stereocenters. The highest BCUT2D eigenvalue weighted by atomic mass is 16.5. The summed E-state index contributed by atoms with van der Waals surface area (Å²) in [5, 5.41) is 9.36. The Morgan fingerprint density at radius 1 is 0.579 bits per heavy atom. The molecule has 1 N–H and O–H groups in total. The molecule has 0 spiro atoms. The van der Waals surface area contributed by atoms with Gasteiger partial charge in [-0.3, -0.25) is 9.59 Å². The van der Waals surface area contributed by atoms with Gasteiger partial charge < -0.3 is 19.5 Å². The summed E-state index contributed by atoms with van der Waals surface area (Å²) < 4.78 is 10.5. The minimum absolute atomic E-state index is 0.121. The molecule has 0 bridgehead atoms. The van der Waals surface area contributed by atoms with Gasteiger partial charge in [0.25, 0.3) is 0 Å². The lowest BCUT2D eigenvalue weighted by atomic mass is 10.1. The van der Waals surface area contributed by atoms with Gasteiger partial charge >= 0.3 is 11.9 Å². The molecule has 0 amide bonds. The van der Waals surface area contributed by atoms with Gasteiger partial charge in [0, 0.05) is 19.4 Å². The summed E-state index contributed by atoms with van der Waals surface area (Å²) >= 11 is 0. The highest BCUT2D eigenvalue weighted by molar-refractivity contribution is 5.69. The Kier molecular flexibility index (Phi) is 28.6. The summed E-state index contributed by atoms with van der Waals surface area (Å²) in [6, 6.07) is 0. The molecule has 0 radical (unpaired) electrons. The fourth-order valence-corrected chi connectivity index (χ4v) is 4.22. The van der Waals surface area contributed by atoms with Crippen LogP contribution in [0.1, 0.15) is 129 Å². The standard InChI is InChI=1S/C32H59NO5/c1-3-5-7-9-11-13-21-29-37-31(35)23-17-15-19-25-33(27-28-34)26-20-16-18-24-32(36)38-30-22-14-12-10-8-6-4-2/h13-14,21-22,34H,3-12,15-20,23-30H2,1-2H3/b21-13-,22-14-. The number of esters is 2. The zero-order valence-electron chi connectivity index (χ0n) is 24.8. The summed E-state index contributed by atoms with van der Waals surface area (Å²) in [5.74, 6) is -0.241. The molecular formula is C32H59NO5. The van der Waals surface area contributed by atoms with Crippen LogP contribution in [0, 0.1) is 0 Å². The van der Waals surface area contributed by atoms with Crippen LogP contribution < -0.4 is 0 Å². The van der Waals surface area contributed by atoms with Crippen LogP contribution in [0.3, 0.4) is 0 Å². The van der Waals surface area contributed by atoms with Gasteiger partial charge in [-0.2, -0.15) is 0 Å². The Labute approximate surface area is 234 Å². The van der Waals surface area contributed by atoms with Gasteiger partial charge in [0.1, 0.15) is 13.2 Å². The highest BCUT2D eigenvalue weighted by Gasteiger charge is 2.07. The van der Waals surface area contributed by atoms with Crippen molar-refractivity contribution in [3.63, 3.8) is 0 Å². The number of nitrogens with zero attached hydrogens (tertiary/aromatic N) is 1. The van der Waals surface area contributed by atoms with Gasteiger partial charge in [0.2, 0.25) is 0 Å². The van der Waals surface area contributed by atoms with Gasteiger partial charge in [-0.1, -0.05) is 89.5 Å². The number of rotatable bonds is 28. The quantitative estimate of drug-likeness (QED) is 0.0631. The normalized spacial score (nSPS) is 11.7. The van der Waals surface area contributed by atoms with E-state index < -0.39 is 0 Å². The van der Waals surface area contributed by atoms with Crippen LogP contribution in [0.5, 0.6) is 0 Å². The number of hydrogen-bond acceptors (Lipinski definition) is 6. The van der Waals surface area contributed by atoms with E-state index in [2.05, 4.69) is 30.9 Å². The van der Waals surface area contributed by atoms with E-state index in [-0.39, 0.29) is 18.5 Å².